The molecule has 0 aromatic heterocycles. The molecule has 0 radical (unpaired) electrons. The average Bonchev–Trinajstić information content (AvgIpc) is 2.47. The van der Waals surface area contributed by atoms with E-state index in [1.54, 1.807) is 14.2 Å². The Morgan fingerprint density at radius 3 is 2.40 bits per heavy atom. The van der Waals surface area contributed by atoms with E-state index < -0.39 is 6.10 Å². The first-order chi connectivity index (χ1) is 9.65. The van der Waals surface area contributed by atoms with Crippen LogP contribution in [0.4, 0.5) is 0 Å². The van der Waals surface area contributed by atoms with Gasteiger partial charge >= 0.3 is 0 Å². The molecule has 0 saturated carbocycles. The van der Waals surface area contributed by atoms with Crippen LogP contribution in [0.25, 0.3) is 0 Å². The van der Waals surface area contributed by atoms with Crippen LogP contribution in [0.5, 0.6) is 11.5 Å². The van der Waals surface area contributed by atoms with Crippen LogP contribution >= 0.6 is 15.9 Å². The molecular weight excluding hydrogens is 320 g/mol. The Bertz CT molecular complexity index is 584. The van der Waals surface area contributed by atoms with Crippen molar-refractivity contribution >= 4 is 15.9 Å². The first-order valence-electron chi connectivity index (χ1n) is 6.29. The largest absolute Gasteiger partial charge is 0.496 e. The van der Waals surface area contributed by atoms with E-state index in [9.17, 15) is 5.11 Å². The molecular formula is C16H17BrO3. The van der Waals surface area contributed by atoms with Crippen molar-refractivity contribution in [3.63, 3.8) is 0 Å². The number of benzene rings is 2. The first kappa shape index (κ1) is 14.9. The lowest BCUT2D eigenvalue weighted by Gasteiger charge is -2.15. The minimum Gasteiger partial charge on any atom is -0.496 e. The Morgan fingerprint density at radius 1 is 1.05 bits per heavy atom. The van der Waals surface area contributed by atoms with Crippen molar-refractivity contribution in [1.82, 2.24) is 0 Å². The summed E-state index contributed by atoms with van der Waals surface area (Å²) < 4.78 is 11.3. The van der Waals surface area contributed by atoms with E-state index in [0.717, 1.165) is 27.1 Å². The van der Waals surface area contributed by atoms with Crippen molar-refractivity contribution in [2.45, 2.75) is 12.5 Å². The Balaban J connectivity index is 2.19. The molecule has 0 heterocycles. The minimum atomic E-state index is -0.589. The van der Waals surface area contributed by atoms with Crippen LogP contribution in [0.2, 0.25) is 0 Å². The van der Waals surface area contributed by atoms with Crippen LogP contribution in [0.3, 0.4) is 0 Å². The number of para-hydroxylation sites is 1. The van der Waals surface area contributed by atoms with Crippen molar-refractivity contribution < 1.29 is 14.6 Å². The molecule has 1 unspecified atom stereocenters. The second-order valence-corrected chi connectivity index (χ2v) is 5.28. The highest BCUT2D eigenvalue weighted by Crippen LogP contribution is 2.30. The fraction of sp³-hybridized carbons (Fsp3) is 0.250. The molecule has 0 aliphatic rings. The van der Waals surface area contributed by atoms with Crippen LogP contribution < -0.4 is 9.47 Å². The number of aliphatic hydroxyl groups is 1. The molecule has 3 nitrogen and oxygen atoms in total. The zero-order chi connectivity index (χ0) is 14.5. The van der Waals surface area contributed by atoms with Gasteiger partial charge in [0.15, 0.2) is 0 Å². The minimum absolute atomic E-state index is 0.503. The van der Waals surface area contributed by atoms with Gasteiger partial charge in [0.25, 0.3) is 0 Å². The molecule has 0 saturated heterocycles. The summed E-state index contributed by atoms with van der Waals surface area (Å²) in [6.07, 6.45) is -0.0866. The van der Waals surface area contributed by atoms with E-state index in [2.05, 4.69) is 15.9 Å². The third kappa shape index (κ3) is 3.32. The van der Waals surface area contributed by atoms with Crippen LogP contribution in [-0.2, 0) is 6.42 Å². The van der Waals surface area contributed by atoms with E-state index >= 15 is 0 Å². The molecule has 0 fully saturated rings. The van der Waals surface area contributed by atoms with E-state index in [4.69, 9.17) is 9.47 Å². The maximum absolute atomic E-state index is 10.4. The first-order valence-corrected chi connectivity index (χ1v) is 7.08. The molecule has 1 N–H and O–H groups in total. The molecule has 20 heavy (non-hydrogen) atoms. The average molecular weight is 337 g/mol. The lowest BCUT2D eigenvalue weighted by molar-refractivity contribution is 0.177. The van der Waals surface area contributed by atoms with E-state index in [1.165, 1.54) is 0 Å². The number of hydrogen-bond acceptors (Lipinski definition) is 3. The Kier molecular flexibility index (Phi) is 5.04. The zero-order valence-corrected chi connectivity index (χ0v) is 13.1. The lowest BCUT2D eigenvalue weighted by Crippen LogP contribution is -2.03. The number of halogens is 1. The molecule has 0 aliphatic heterocycles. The Hall–Kier alpha value is -1.52. The maximum Gasteiger partial charge on any atom is 0.133 e. The van der Waals surface area contributed by atoms with Gasteiger partial charge in [0, 0.05) is 6.42 Å². The highest BCUT2D eigenvalue weighted by atomic mass is 79.9. The summed E-state index contributed by atoms with van der Waals surface area (Å²) >= 11 is 3.43. The lowest BCUT2D eigenvalue weighted by atomic mass is 10.0. The summed E-state index contributed by atoms with van der Waals surface area (Å²) in [5.74, 6) is 1.54. The van der Waals surface area contributed by atoms with Crippen LogP contribution in [0.1, 0.15) is 17.2 Å². The van der Waals surface area contributed by atoms with Gasteiger partial charge in [0.05, 0.1) is 24.8 Å². The predicted octanol–water partition coefficient (Wildman–Crippen LogP) is 3.74. The van der Waals surface area contributed by atoms with Gasteiger partial charge in [-0.15, -0.1) is 0 Å². The van der Waals surface area contributed by atoms with Crippen molar-refractivity contribution in [3.05, 3.63) is 58.1 Å². The third-order valence-electron chi connectivity index (χ3n) is 3.17. The van der Waals surface area contributed by atoms with Gasteiger partial charge in [-0.25, -0.2) is 0 Å². The summed E-state index contributed by atoms with van der Waals surface area (Å²) in [5, 5.41) is 10.4. The third-order valence-corrected chi connectivity index (χ3v) is 3.79. The Labute approximate surface area is 127 Å². The normalized spacial score (nSPS) is 12.0. The topological polar surface area (TPSA) is 38.7 Å². The van der Waals surface area contributed by atoms with Gasteiger partial charge in [0.1, 0.15) is 11.5 Å². The highest BCUT2D eigenvalue weighted by Gasteiger charge is 2.13. The molecule has 2 aromatic rings. The maximum atomic E-state index is 10.4. The van der Waals surface area contributed by atoms with Crippen molar-refractivity contribution in [2.24, 2.45) is 0 Å². The van der Waals surface area contributed by atoms with Gasteiger partial charge in [-0.1, -0.05) is 24.3 Å². The fourth-order valence-electron chi connectivity index (χ4n) is 2.09. The summed E-state index contributed by atoms with van der Waals surface area (Å²) in [6.45, 7) is 0. The summed E-state index contributed by atoms with van der Waals surface area (Å²) in [7, 11) is 3.25. The van der Waals surface area contributed by atoms with Gasteiger partial charge in [-0.05, 0) is 45.3 Å². The number of aliphatic hydroxyl groups excluding tert-OH is 1. The molecule has 106 valence electrons. The molecule has 0 aliphatic carbocycles. The molecule has 4 heteroatoms. The standard InChI is InChI=1S/C16H17BrO3/c1-19-15-6-4-3-5-12(15)10-14(18)11-7-8-16(20-2)13(17)9-11/h3-9,14,18H,10H2,1-2H3. The van der Waals surface area contributed by atoms with E-state index in [0.29, 0.717) is 6.42 Å². The fourth-order valence-corrected chi connectivity index (χ4v) is 2.65. The number of hydrogen-bond donors (Lipinski definition) is 1. The number of methoxy groups -OCH3 is 2. The summed E-state index contributed by atoms with van der Waals surface area (Å²) in [4.78, 5) is 0. The van der Waals surface area contributed by atoms with Gasteiger partial charge in [-0.2, -0.15) is 0 Å². The SMILES string of the molecule is COc1ccc(C(O)Cc2ccccc2OC)cc1Br. The van der Waals surface area contributed by atoms with Crippen LogP contribution in [0, 0.1) is 0 Å². The monoisotopic (exact) mass is 336 g/mol. The van der Waals surface area contributed by atoms with Gasteiger partial charge < -0.3 is 14.6 Å². The molecule has 2 aromatic carbocycles. The molecule has 0 bridgehead atoms. The molecule has 0 amide bonds. The highest BCUT2D eigenvalue weighted by molar-refractivity contribution is 9.10. The smallest absolute Gasteiger partial charge is 0.133 e. The predicted molar refractivity (Wildman–Crippen MR) is 82.4 cm³/mol. The van der Waals surface area contributed by atoms with Gasteiger partial charge in [0.2, 0.25) is 0 Å². The second-order valence-electron chi connectivity index (χ2n) is 4.43. The second kappa shape index (κ2) is 6.77. The van der Waals surface area contributed by atoms with Gasteiger partial charge in [-0.3, -0.25) is 0 Å². The summed E-state index contributed by atoms with van der Waals surface area (Å²) in [6, 6.07) is 13.3. The number of rotatable bonds is 5. The molecule has 1 atom stereocenters. The zero-order valence-electron chi connectivity index (χ0n) is 11.5. The van der Waals surface area contributed by atoms with Crippen LogP contribution in [-0.4, -0.2) is 19.3 Å². The summed E-state index contributed by atoms with van der Waals surface area (Å²) in [5.41, 5.74) is 1.82. The van der Waals surface area contributed by atoms with Crippen LogP contribution in [0.15, 0.2) is 46.9 Å². The van der Waals surface area contributed by atoms with E-state index in [-0.39, 0.29) is 0 Å². The molecule has 0 spiro atoms. The quantitative estimate of drug-likeness (QED) is 0.903. The van der Waals surface area contributed by atoms with Crippen molar-refractivity contribution in [1.29, 1.82) is 0 Å². The van der Waals surface area contributed by atoms with E-state index in [1.807, 2.05) is 42.5 Å². The van der Waals surface area contributed by atoms with Crippen molar-refractivity contribution in [2.75, 3.05) is 14.2 Å². The number of ether oxygens (including phenoxy) is 2. The molecule has 2 rings (SSSR count). The van der Waals surface area contributed by atoms with Crippen molar-refractivity contribution in [3.8, 4) is 11.5 Å². The Morgan fingerprint density at radius 2 is 1.75 bits per heavy atom.